The van der Waals surface area contributed by atoms with Crippen LogP contribution in [-0.4, -0.2) is 23.4 Å². The van der Waals surface area contributed by atoms with Crippen molar-refractivity contribution in [1.29, 1.82) is 0 Å². The Morgan fingerprint density at radius 1 is 0.643 bits per heavy atom. The first-order chi connectivity index (χ1) is 13.7. The first-order valence-corrected chi connectivity index (χ1v) is 11.5. The molecule has 1 aliphatic carbocycles. The summed E-state index contributed by atoms with van der Waals surface area (Å²) in [5.41, 5.74) is 2.83. The van der Waals surface area contributed by atoms with Gasteiger partial charge in [-0.3, -0.25) is 9.59 Å². The van der Waals surface area contributed by atoms with Crippen molar-refractivity contribution in [2.45, 2.75) is 51.4 Å². The molecule has 3 rings (SSSR count). The van der Waals surface area contributed by atoms with Gasteiger partial charge in [-0.1, -0.05) is 90.9 Å². The van der Waals surface area contributed by atoms with Crippen LogP contribution in [0.4, 0.5) is 5.69 Å². The lowest BCUT2D eigenvalue weighted by Gasteiger charge is -2.20. The molecule has 0 unspecified atom stereocenters. The molecule has 0 radical (unpaired) electrons. The fraction of sp³-hybridized carbons (Fsp3) is 0.417. The number of fused-ring (bicyclic) bond motifs is 2. The molecular weight excluding hydrogens is 414 g/mol. The summed E-state index contributed by atoms with van der Waals surface area (Å²) in [4.78, 5) is 25.7. The van der Waals surface area contributed by atoms with Gasteiger partial charge in [-0.2, -0.15) is 0 Å². The molecule has 0 saturated heterocycles. The minimum atomic E-state index is -0.0613. The highest BCUT2D eigenvalue weighted by atomic mass is 79.9. The second-order valence-corrected chi connectivity index (χ2v) is 8.17. The molecule has 3 nitrogen and oxygen atoms in total. The van der Waals surface area contributed by atoms with E-state index in [0.717, 1.165) is 24.0 Å². The van der Waals surface area contributed by atoms with E-state index >= 15 is 0 Å². The molecule has 0 aliphatic heterocycles. The van der Waals surface area contributed by atoms with Crippen molar-refractivity contribution in [2.24, 2.45) is 0 Å². The fourth-order valence-electron chi connectivity index (χ4n) is 3.80. The maximum absolute atomic E-state index is 13.0. The lowest BCUT2D eigenvalue weighted by molar-refractivity contribution is 0.0979. The maximum Gasteiger partial charge on any atom is 0.196 e. The minimum Gasteiger partial charge on any atom is -0.384 e. The number of rotatable bonds is 11. The Labute approximate surface area is 176 Å². The minimum absolute atomic E-state index is 0.0585. The van der Waals surface area contributed by atoms with Crippen LogP contribution in [0.25, 0.3) is 0 Å². The summed E-state index contributed by atoms with van der Waals surface area (Å²) < 4.78 is 0. The summed E-state index contributed by atoms with van der Waals surface area (Å²) in [6, 6.07) is 12.6. The predicted molar refractivity (Wildman–Crippen MR) is 119 cm³/mol. The van der Waals surface area contributed by atoms with Gasteiger partial charge in [0, 0.05) is 34.3 Å². The molecule has 148 valence electrons. The van der Waals surface area contributed by atoms with E-state index in [-0.39, 0.29) is 11.6 Å². The van der Waals surface area contributed by atoms with Gasteiger partial charge in [0.05, 0.1) is 5.56 Å². The van der Waals surface area contributed by atoms with Gasteiger partial charge in [0.1, 0.15) is 0 Å². The average molecular weight is 442 g/mol. The average Bonchev–Trinajstić information content (AvgIpc) is 2.73. The zero-order chi connectivity index (χ0) is 19.8. The molecule has 0 spiro atoms. The van der Waals surface area contributed by atoms with Crippen LogP contribution in [0.1, 0.15) is 83.2 Å². The zero-order valence-corrected chi connectivity index (χ0v) is 17.9. The second kappa shape index (κ2) is 10.6. The summed E-state index contributed by atoms with van der Waals surface area (Å²) >= 11 is 3.47. The molecule has 1 N–H and O–H groups in total. The second-order valence-electron chi connectivity index (χ2n) is 7.38. The molecule has 0 bridgehead atoms. The SMILES string of the molecule is O=C1c2ccccc2C(=O)c2c(NCCCCCCCCCCBr)cccc21. The van der Waals surface area contributed by atoms with Crippen LogP contribution >= 0.6 is 15.9 Å². The van der Waals surface area contributed by atoms with Crippen LogP contribution in [0.3, 0.4) is 0 Å². The van der Waals surface area contributed by atoms with Gasteiger partial charge in [-0.25, -0.2) is 0 Å². The Bertz CT molecular complexity index is 831. The number of anilines is 1. The number of alkyl halides is 1. The number of halogens is 1. The maximum atomic E-state index is 13.0. The number of hydrogen-bond acceptors (Lipinski definition) is 3. The molecular formula is C24H28BrNO2. The smallest absolute Gasteiger partial charge is 0.196 e. The molecule has 2 aromatic rings. The topological polar surface area (TPSA) is 46.2 Å². The van der Waals surface area contributed by atoms with Gasteiger partial charge in [0.25, 0.3) is 0 Å². The van der Waals surface area contributed by atoms with E-state index in [9.17, 15) is 9.59 Å². The van der Waals surface area contributed by atoms with E-state index < -0.39 is 0 Å². The third-order valence-electron chi connectivity index (χ3n) is 5.33. The standard InChI is InChI=1S/C24H28BrNO2/c25-16-9-5-3-1-2-4-6-10-17-26-21-15-11-14-20-22(21)24(28)19-13-8-7-12-18(19)23(20)27/h7-8,11-15,26H,1-6,9-10,16-17H2. The summed E-state index contributed by atoms with van der Waals surface area (Å²) in [5, 5.41) is 4.51. The summed E-state index contributed by atoms with van der Waals surface area (Å²) in [6.07, 6.45) is 10.1. The summed E-state index contributed by atoms with van der Waals surface area (Å²) in [5.74, 6) is -0.120. The molecule has 28 heavy (non-hydrogen) atoms. The number of carbonyl (C=O) groups is 2. The number of benzene rings is 2. The highest BCUT2D eigenvalue weighted by Gasteiger charge is 2.31. The Balaban J connectivity index is 1.52. The molecule has 0 saturated carbocycles. The lowest BCUT2D eigenvalue weighted by atomic mass is 9.83. The van der Waals surface area contributed by atoms with Crippen molar-refractivity contribution in [1.82, 2.24) is 0 Å². The molecule has 0 heterocycles. The number of nitrogens with one attached hydrogen (secondary N) is 1. The van der Waals surface area contributed by atoms with E-state index in [1.807, 2.05) is 18.2 Å². The predicted octanol–water partition coefficient (Wildman–Crippen LogP) is 6.39. The number of ketones is 2. The van der Waals surface area contributed by atoms with E-state index in [2.05, 4.69) is 21.2 Å². The van der Waals surface area contributed by atoms with Crippen molar-refractivity contribution in [3.63, 3.8) is 0 Å². The summed E-state index contributed by atoms with van der Waals surface area (Å²) in [7, 11) is 0. The Morgan fingerprint density at radius 3 is 1.89 bits per heavy atom. The summed E-state index contributed by atoms with van der Waals surface area (Å²) in [6.45, 7) is 0.823. The molecule has 4 heteroatoms. The van der Waals surface area contributed by atoms with Crippen LogP contribution in [0.2, 0.25) is 0 Å². The van der Waals surface area contributed by atoms with Crippen LogP contribution in [-0.2, 0) is 0 Å². The first kappa shape index (κ1) is 20.8. The highest BCUT2D eigenvalue weighted by Crippen LogP contribution is 2.31. The Kier molecular flexibility index (Phi) is 7.84. The van der Waals surface area contributed by atoms with Crippen LogP contribution < -0.4 is 5.32 Å². The van der Waals surface area contributed by atoms with Gasteiger partial charge in [-0.05, 0) is 18.9 Å². The van der Waals surface area contributed by atoms with Crippen molar-refractivity contribution >= 4 is 33.2 Å². The molecule has 0 fully saturated rings. The van der Waals surface area contributed by atoms with Gasteiger partial charge >= 0.3 is 0 Å². The largest absolute Gasteiger partial charge is 0.384 e. The zero-order valence-electron chi connectivity index (χ0n) is 16.3. The number of carbonyl (C=O) groups excluding carboxylic acids is 2. The van der Waals surface area contributed by atoms with Gasteiger partial charge < -0.3 is 5.32 Å². The van der Waals surface area contributed by atoms with Crippen molar-refractivity contribution in [3.05, 3.63) is 64.7 Å². The highest BCUT2D eigenvalue weighted by molar-refractivity contribution is 9.09. The van der Waals surface area contributed by atoms with E-state index in [1.165, 1.54) is 44.9 Å². The van der Waals surface area contributed by atoms with Crippen molar-refractivity contribution in [2.75, 3.05) is 17.2 Å². The van der Waals surface area contributed by atoms with E-state index in [1.54, 1.807) is 24.3 Å². The van der Waals surface area contributed by atoms with Crippen molar-refractivity contribution < 1.29 is 9.59 Å². The number of unbranched alkanes of at least 4 members (excludes halogenated alkanes) is 7. The molecule has 0 amide bonds. The van der Waals surface area contributed by atoms with Gasteiger partial charge in [-0.15, -0.1) is 0 Å². The fourth-order valence-corrected chi connectivity index (χ4v) is 4.19. The van der Waals surface area contributed by atoms with Crippen LogP contribution in [0, 0.1) is 0 Å². The van der Waals surface area contributed by atoms with Crippen LogP contribution in [0.15, 0.2) is 42.5 Å². The van der Waals surface area contributed by atoms with E-state index in [0.29, 0.717) is 22.3 Å². The molecule has 1 aliphatic rings. The normalized spacial score (nSPS) is 12.6. The first-order valence-electron chi connectivity index (χ1n) is 10.4. The number of hydrogen-bond donors (Lipinski definition) is 1. The van der Waals surface area contributed by atoms with E-state index in [4.69, 9.17) is 0 Å². The third-order valence-corrected chi connectivity index (χ3v) is 5.89. The lowest BCUT2D eigenvalue weighted by Crippen LogP contribution is -2.22. The Morgan fingerprint density at radius 2 is 1.21 bits per heavy atom. The third kappa shape index (κ3) is 4.91. The van der Waals surface area contributed by atoms with Gasteiger partial charge in [0.2, 0.25) is 0 Å². The van der Waals surface area contributed by atoms with Crippen LogP contribution in [0.5, 0.6) is 0 Å². The molecule has 0 aromatic heterocycles. The van der Waals surface area contributed by atoms with Gasteiger partial charge in [0.15, 0.2) is 11.6 Å². The quantitative estimate of drug-likeness (QED) is 0.277. The Hall–Kier alpha value is -1.94. The molecule has 2 aromatic carbocycles. The monoisotopic (exact) mass is 441 g/mol. The molecule has 0 atom stereocenters. The van der Waals surface area contributed by atoms with Crippen molar-refractivity contribution in [3.8, 4) is 0 Å².